The van der Waals surface area contributed by atoms with Crippen molar-refractivity contribution >= 4 is 55.9 Å². The van der Waals surface area contributed by atoms with Crippen LogP contribution in [0.4, 0.5) is 0 Å². The summed E-state index contributed by atoms with van der Waals surface area (Å²) in [4.78, 5) is 11.5. The van der Waals surface area contributed by atoms with Crippen LogP contribution in [-0.2, 0) is 17.1 Å². The molecule has 1 atom stereocenters. The van der Waals surface area contributed by atoms with Gasteiger partial charge in [-0.3, -0.25) is 4.57 Å². The first kappa shape index (κ1) is 20.2. The van der Waals surface area contributed by atoms with Gasteiger partial charge in [-0.05, 0) is 36.2 Å². The topological polar surface area (TPSA) is 81.3 Å². The number of nitrogens with one attached hydrogen (secondary N) is 1. The molecule has 0 saturated carbocycles. The van der Waals surface area contributed by atoms with E-state index in [9.17, 15) is 13.2 Å². The first-order valence-corrected chi connectivity index (χ1v) is 10.5. The van der Waals surface area contributed by atoms with Gasteiger partial charge in [0.2, 0.25) is 10.0 Å². The number of hydrogen-bond acceptors (Lipinski definition) is 4. The second-order valence-corrected chi connectivity index (χ2v) is 8.86. The Bertz CT molecular complexity index is 1180. The molecule has 1 N–H and O–H groups in total. The van der Waals surface area contributed by atoms with Gasteiger partial charge in [0, 0.05) is 29.2 Å². The van der Waals surface area contributed by atoms with Crippen LogP contribution in [0.5, 0.6) is 0 Å². The molecule has 10 heteroatoms. The van der Waals surface area contributed by atoms with Crippen molar-refractivity contribution in [1.29, 1.82) is 0 Å². The summed E-state index contributed by atoms with van der Waals surface area (Å²) in [6, 6.07) is 6.85. The van der Waals surface area contributed by atoms with Crippen LogP contribution in [0.3, 0.4) is 0 Å². The third kappa shape index (κ3) is 3.88. The van der Waals surface area contributed by atoms with Gasteiger partial charge in [-0.1, -0.05) is 41.7 Å². The number of aromatic nitrogens is 1. The van der Waals surface area contributed by atoms with Crippen LogP contribution in [0.15, 0.2) is 44.4 Å². The molecule has 3 rings (SSSR count). The standard InChI is InChI=1S/C17H15Cl3N2O4S/c1-3-13(10-6-9(18)4-5-11(10)19)21-27(24,25)16-8-14-15(7-12(16)20)26-17(23)22(14)2/h4-8,13,21H,3H2,1-2H3/t13-/m1/s1. The van der Waals surface area contributed by atoms with Crippen LogP contribution < -0.4 is 10.5 Å². The summed E-state index contributed by atoms with van der Waals surface area (Å²) in [5, 5.41) is 0.782. The van der Waals surface area contributed by atoms with Crippen molar-refractivity contribution < 1.29 is 12.8 Å². The first-order valence-electron chi connectivity index (χ1n) is 7.90. The minimum Gasteiger partial charge on any atom is -0.408 e. The van der Waals surface area contributed by atoms with E-state index in [1.807, 2.05) is 6.92 Å². The Morgan fingerprint density at radius 1 is 1.15 bits per heavy atom. The second-order valence-electron chi connectivity index (χ2n) is 5.93. The fourth-order valence-electron chi connectivity index (χ4n) is 2.73. The van der Waals surface area contributed by atoms with E-state index >= 15 is 0 Å². The molecule has 6 nitrogen and oxygen atoms in total. The summed E-state index contributed by atoms with van der Waals surface area (Å²) in [7, 11) is -2.54. The molecule has 0 amide bonds. The Hall–Kier alpha value is -1.51. The quantitative estimate of drug-likeness (QED) is 0.621. The van der Waals surface area contributed by atoms with Crippen LogP contribution in [0.25, 0.3) is 11.1 Å². The van der Waals surface area contributed by atoms with Gasteiger partial charge in [-0.2, -0.15) is 0 Å². The minimum atomic E-state index is -4.02. The van der Waals surface area contributed by atoms with Gasteiger partial charge in [0.15, 0.2) is 5.58 Å². The summed E-state index contributed by atoms with van der Waals surface area (Å²) in [5.41, 5.74) is 1.08. The highest BCUT2D eigenvalue weighted by Crippen LogP contribution is 2.32. The van der Waals surface area contributed by atoms with Crippen LogP contribution in [0, 0.1) is 0 Å². The SMILES string of the molecule is CC[C@@H](NS(=O)(=O)c1cc2c(cc1Cl)oc(=O)n2C)c1cc(Cl)ccc1Cl. The van der Waals surface area contributed by atoms with Crippen molar-refractivity contribution in [1.82, 2.24) is 9.29 Å². The number of sulfonamides is 1. The smallest absolute Gasteiger partial charge is 0.408 e. The molecule has 1 aromatic heterocycles. The molecular weight excluding hydrogens is 435 g/mol. The molecule has 3 aromatic rings. The van der Waals surface area contributed by atoms with Gasteiger partial charge in [-0.25, -0.2) is 17.9 Å². The van der Waals surface area contributed by atoms with Crippen molar-refractivity contribution in [2.75, 3.05) is 0 Å². The molecule has 0 aliphatic heterocycles. The minimum absolute atomic E-state index is 0.0589. The summed E-state index contributed by atoms with van der Waals surface area (Å²) in [6.07, 6.45) is 0.434. The molecule has 0 bridgehead atoms. The van der Waals surface area contributed by atoms with Crippen molar-refractivity contribution in [3.8, 4) is 0 Å². The third-order valence-corrected chi connectivity index (χ3v) is 6.69. The zero-order chi connectivity index (χ0) is 19.9. The molecule has 144 valence electrons. The van der Waals surface area contributed by atoms with Gasteiger partial charge < -0.3 is 4.42 Å². The summed E-state index contributed by atoms with van der Waals surface area (Å²) < 4.78 is 34.8. The summed E-state index contributed by atoms with van der Waals surface area (Å²) >= 11 is 18.4. The molecule has 0 radical (unpaired) electrons. The number of aryl methyl sites for hydroxylation is 1. The summed E-state index contributed by atoms with van der Waals surface area (Å²) in [6.45, 7) is 1.81. The molecule has 27 heavy (non-hydrogen) atoms. The van der Waals surface area contributed by atoms with E-state index in [0.29, 0.717) is 27.5 Å². The largest absolute Gasteiger partial charge is 0.419 e. The lowest BCUT2D eigenvalue weighted by atomic mass is 10.1. The maximum atomic E-state index is 13.0. The normalized spacial score (nSPS) is 13.2. The Morgan fingerprint density at radius 3 is 2.52 bits per heavy atom. The monoisotopic (exact) mass is 448 g/mol. The third-order valence-electron chi connectivity index (χ3n) is 4.17. The number of hydrogen-bond donors (Lipinski definition) is 1. The van der Waals surface area contributed by atoms with Crippen LogP contribution in [0.1, 0.15) is 24.9 Å². The Kier molecular flexibility index (Phi) is 5.61. The average Bonchev–Trinajstić information content (AvgIpc) is 2.87. The Labute approximate surface area is 170 Å². The maximum Gasteiger partial charge on any atom is 0.419 e. The van der Waals surface area contributed by atoms with Crippen molar-refractivity contribution in [3.63, 3.8) is 0 Å². The highest BCUT2D eigenvalue weighted by molar-refractivity contribution is 7.89. The second kappa shape index (κ2) is 7.48. The van der Waals surface area contributed by atoms with Crippen LogP contribution >= 0.6 is 34.8 Å². The van der Waals surface area contributed by atoms with Crippen LogP contribution in [0.2, 0.25) is 15.1 Å². The number of rotatable bonds is 5. The number of fused-ring (bicyclic) bond motifs is 1. The van der Waals surface area contributed by atoms with Gasteiger partial charge in [0.25, 0.3) is 0 Å². The molecule has 2 aromatic carbocycles. The van der Waals surface area contributed by atoms with Crippen molar-refractivity contribution in [2.45, 2.75) is 24.3 Å². The molecule has 0 unspecified atom stereocenters. The highest BCUT2D eigenvalue weighted by Gasteiger charge is 2.26. The first-order chi connectivity index (χ1) is 12.6. The van der Waals surface area contributed by atoms with Gasteiger partial charge in [0.1, 0.15) is 4.90 Å². The number of nitrogens with zero attached hydrogens (tertiary/aromatic N) is 1. The highest BCUT2D eigenvalue weighted by atomic mass is 35.5. The van der Waals surface area contributed by atoms with Gasteiger partial charge >= 0.3 is 5.76 Å². The Balaban J connectivity index is 2.06. The predicted molar refractivity (Wildman–Crippen MR) is 106 cm³/mol. The van der Waals surface area contributed by atoms with E-state index in [1.54, 1.807) is 18.2 Å². The van der Waals surface area contributed by atoms with E-state index in [4.69, 9.17) is 39.2 Å². The lowest BCUT2D eigenvalue weighted by Crippen LogP contribution is -2.29. The number of benzene rings is 2. The van der Waals surface area contributed by atoms with Crippen LogP contribution in [-0.4, -0.2) is 13.0 Å². The molecule has 0 saturated heterocycles. The maximum absolute atomic E-state index is 13.0. The van der Waals surface area contributed by atoms with E-state index in [-0.39, 0.29) is 15.5 Å². The molecule has 0 aliphatic carbocycles. The lowest BCUT2D eigenvalue weighted by Gasteiger charge is -2.19. The molecule has 0 fully saturated rings. The molecule has 0 aliphatic rings. The number of halogens is 3. The molecule has 0 spiro atoms. The lowest BCUT2D eigenvalue weighted by molar-refractivity contribution is 0.528. The van der Waals surface area contributed by atoms with E-state index in [0.717, 1.165) is 0 Å². The Morgan fingerprint density at radius 2 is 1.85 bits per heavy atom. The van der Waals surface area contributed by atoms with E-state index in [1.165, 1.54) is 23.7 Å². The predicted octanol–water partition coefficient (Wildman–Crippen LogP) is 4.52. The van der Waals surface area contributed by atoms with E-state index in [2.05, 4.69) is 4.72 Å². The van der Waals surface area contributed by atoms with Gasteiger partial charge in [0.05, 0.1) is 10.5 Å². The fourth-order valence-corrected chi connectivity index (χ4v) is 5.00. The van der Waals surface area contributed by atoms with Crippen molar-refractivity contribution in [2.24, 2.45) is 7.05 Å². The van der Waals surface area contributed by atoms with Crippen molar-refractivity contribution in [3.05, 3.63) is 61.5 Å². The van der Waals surface area contributed by atoms with Gasteiger partial charge in [-0.15, -0.1) is 0 Å². The zero-order valence-corrected chi connectivity index (χ0v) is 17.4. The molecule has 1 heterocycles. The molecular formula is C17H15Cl3N2O4S. The zero-order valence-electron chi connectivity index (χ0n) is 14.3. The number of oxazole rings is 1. The summed E-state index contributed by atoms with van der Waals surface area (Å²) in [5.74, 6) is -0.610. The average molecular weight is 450 g/mol. The van der Waals surface area contributed by atoms with E-state index < -0.39 is 21.8 Å². The fraction of sp³-hybridized carbons (Fsp3) is 0.235.